The van der Waals surface area contributed by atoms with Gasteiger partial charge < -0.3 is 24.1 Å². The summed E-state index contributed by atoms with van der Waals surface area (Å²) in [5.74, 6) is -1.38. The Bertz CT molecular complexity index is 3110. The Balaban J connectivity index is 1.58. The molecular formula is C58H58F10NO11P. The van der Waals surface area contributed by atoms with Crippen LogP contribution in [-0.2, 0) is 84.3 Å². The molecule has 0 radical (unpaired) electrons. The van der Waals surface area contributed by atoms with E-state index in [1.165, 1.54) is 39.0 Å². The summed E-state index contributed by atoms with van der Waals surface area (Å²) in [6.45, 7) is 4.93. The quantitative estimate of drug-likeness (QED) is 0.0395. The van der Waals surface area contributed by atoms with E-state index in [-0.39, 0.29) is 72.3 Å². The highest BCUT2D eigenvalue weighted by molar-refractivity contribution is 7.48. The van der Waals surface area contributed by atoms with Gasteiger partial charge >= 0.3 is 38.6 Å². The molecule has 2 atom stereocenters. The highest BCUT2D eigenvalue weighted by atomic mass is 31.2. The minimum Gasteiger partial charge on any atom is -0.496 e. The van der Waals surface area contributed by atoms with E-state index in [0.717, 1.165) is 39.3 Å². The Morgan fingerprint density at radius 1 is 0.593 bits per heavy atom. The van der Waals surface area contributed by atoms with Gasteiger partial charge in [-0.3, -0.25) is 18.5 Å². The van der Waals surface area contributed by atoms with Crippen LogP contribution in [0.25, 0.3) is 11.1 Å². The molecule has 0 fully saturated rings. The van der Waals surface area contributed by atoms with E-state index in [1.54, 1.807) is 67.6 Å². The number of alkyl halides is 9. The number of carbonyl (C=O) groups is 2. The third kappa shape index (κ3) is 16.1. The predicted octanol–water partition coefficient (Wildman–Crippen LogP) is 16.4. The average Bonchev–Trinajstić information content (AvgIpc) is 3.16. The van der Waals surface area contributed by atoms with Crippen molar-refractivity contribution in [1.82, 2.24) is 4.90 Å². The molecule has 0 aliphatic heterocycles. The lowest BCUT2D eigenvalue weighted by Crippen LogP contribution is -2.55. The third-order valence-corrected chi connectivity index (χ3v) is 14.1. The van der Waals surface area contributed by atoms with Crippen LogP contribution in [0.5, 0.6) is 11.5 Å². The fraction of sp³-hybridized carbons (Fsp3) is 0.345. The molecule has 23 heteroatoms. The molecule has 6 rings (SSSR count). The van der Waals surface area contributed by atoms with Crippen molar-refractivity contribution >= 4 is 20.1 Å². The number of phosphoric acid groups is 1. The van der Waals surface area contributed by atoms with Crippen molar-refractivity contribution in [3.05, 3.63) is 189 Å². The largest absolute Gasteiger partial charge is 0.507 e. The molecule has 0 bridgehead atoms. The first-order chi connectivity index (χ1) is 37.9. The van der Waals surface area contributed by atoms with Gasteiger partial charge in [-0.15, -0.1) is 0 Å². The van der Waals surface area contributed by atoms with Gasteiger partial charge in [-0.2, -0.15) is 39.5 Å². The molecule has 0 aliphatic rings. The molecule has 0 spiro atoms. The number of hydrogen-bond acceptors (Lipinski definition) is 10. The molecule has 0 aliphatic carbocycles. The van der Waals surface area contributed by atoms with Gasteiger partial charge in [0.05, 0.1) is 63.3 Å². The number of halogens is 10. The predicted molar refractivity (Wildman–Crippen MR) is 278 cm³/mol. The second kappa shape index (κ2) is 25.8. The monoisotopic (exact) mass is 1170 g/mol. The summed E-state index contributed by atoms with van der Waals surface area (Å²) in [5.41, 5.74) is -10.7. The molecular weight excluding hydrogens is 1110 g/mol. The van der Waals surface area contributed by atoms with Crippen LogP contribution in [0.4, 0.5) is 53.5 Å². The van der Waals surface area contributed by atoms with Crippen LogP contribution in [0.1, 0.15) is 96.7 Å². The molecule has 12 nitrogen and oxygen atoms in total. The number of rotatable bonds is 22. The van der Waals surface area contributed by atoms with Crippen LogP contribution in [0, 0.1) is 5.82 Å². The van der Waals surface area contributed by atoms with E-state index in [0.29, 0.717) is 34.6 Å². The lowest BCUT2D eigenvalue weighted by atomic mass is 9.77. The number of methoxy groups -OCH3 is 2. The number of phosphoric ester groups is 1. The van der Waals surface area contributed by atoms with Gasteiger partial charge in [-0.25, -0.2) is 18.5 Å². The average molecular weight is 1170 g/mol. The number of carbonyl (C=O) groups excluding carboxylic acids is 1. The first-order valence-electron chi connectivity index (χ1n) is 25.0. The minimum atomic E-state index is -5.56. The SMILES string of the molecule is CCCc1cc(-c2ccc(C(F)(F)F)cc2CN(C(=O)OC(C)(C)C)[C@@H](C)[C@@](OC(=O)O)(c2cc(C(F)(F)F)cc(C(F)(F)F)c2)c2ccc(CCOP(=O)(OCc3ccccc3)OCc3ccccc3)cc2OC)c(OC)cc1F. The molecule has 1 amide bonds. The Hall–Kier alpha value is -7.13. The van der Waals surface area contributed by atoms with E-state index in [2.05, 4.69) is 0 Å². The topological polar surface area (TPSA) is 139 Å². The van der Waals surface area contributed by atoms with Crippen molar-refractivity contribution in [2.45, 2.75) is 109 Å². The van der Waals surface area contributed by atoms with Gasteiger partial charge in [0.15, 0.2) is 5.60 Å². The highest BCUT2D eigenvalue weighted by Crippen LogP contribution is 2.52. The molecule has 1 N–H and O–H groups in total. The molecule has 0 saturated carbocycles. The van der Waals surface area contributed by atoms with Gasteiger partial charge in [0.25, 0.3) is 0 Å². The number of nitrogens with zero attached hydrogens (tertiary/aromatic N) is 1. The molecule has 81 heavy (non-hydrogen) atoms. The van der Waals surface area contributed by atoms with Crippen LogP contribution in [0.15, 0.2) is 127 Å². The van der Waals surface area contributed by atoms with Gasteiger partial charge in [0.2, 0.25) is 0 Å². The van der Waals surface area contributed by atoms with Crippen LogP contribution in [0.2, 0.25) is 0 Å². The van der Waals surface area contributed by atoms with Crippen molar-refractivity contribution < 1.29 is 95.7 Å². The minimum absolute atomic E-state index is 0.00622. The number of benzene rings is 6. The Kier molecular flexibility index (Phi) is 20.1. The second-order valence-corrected chi connectivity index (χ2v) is 21.2. The number of hydrogen-bond donors (Lipinski definition) is 1. The zero-order chi connectivity index (χ0) is 59.7. The maximum absolute atomic E-state index is 15.4. The van der Waals surface area contributed by atoms with Crippen LogP contribution < -0.4 is 9.47 Å². The third-order valence-electron chi connectivity index (χ3n) is 12.7. The Labute approximate surface area is 461 Å². The Morgan fingerprint density at radius 3 is 1.63 bits per heavy atom. The van der Waals surface area contributed by atoms with Gasteiger partial charge in [-0.05, 0) is 116 Å². The fourth-order valence-electron chi connectivity index (χ4n) is 8.86. The second-order valence-electron chi connectivity index (χ2n) is 19.5. The lowest BCUT2D eigenvalue weighted by Gasteiger charge is -2.44. The Morgan fingerprint density at radius 2 is 1.14 bits per heavy atom. The van der Waals surface area contributed by atoms with Crippen molar-refractivity contribution in [1.29, 1.82) is 0 Å². The smallest absolute Gasteiger partial charge is 0.496 e. The summed E-state index contributed by atoms with van der Waals surface area (Å²) in [6, 6.07) is 23.2. The summed E-state index contributed by atoms with van der Waals surface area (Å²) < 4.78 is 203. The molecule has 0 aromatic heterocycles. The summed E-state index contributed by atoms with van der Waals surface area (Å²) >= 11 is 0. The van der Waals surface area contributed by atoms with Crippen LogP contribution in [0.3, 0.4) is 0 Å². The fourth-order valence-corrected chi connectivity index (χ4v) is 10.0. The standard InChI is InChI=1S/C58H58F10NO11P/c1-8-15-40-28-47(50(74-6)32-49(40)59)46-22-21-42(56(60,61)62)27-41(46)33-69(52(70)79-54(3,4)5)36(2)55(80-53(71)72,43-29-44(57(63,64)65)31-45(30-43)58(66,67)68)48-23-20-37(26-51(48)75-7)24-25-76-81(73,77-34-38-16-11-9-12-17-38)78-35-39-18-13-10-14-19-39/h9-14,16-23,26-32,36H,8,15,24-25,33-35H2,1-7H3,(H,71,72)/t36-,55+/m0/s1. The zero-order valence-corrected chi connectivity index (χ0v) is 45.7. The van der Waals surface area contributed by atoms with Crippen molar-refractivity contribution in [3.8, 4) is 22.6 Å². The van der Waals surface area contributed by atoms with E-state index in [4.69, 9.17) is 32.5 Å². The van der Waals surface area contributed by atoms with Crippen molar-refractivity contribution in [2.24, 2.45) is 0 Å². The lowest BCUT2D eigenvalue weighted by molar-refractivity contribution is -0.143. The van der Waals surface area contributed by atoms with E-state index >= 15 is 4.39 Å². The molecule has 6 aromatic rings. The molecule has 0 saturated heterocycles. The summed E-state index contributed by atoms with van der Waals surface area (Å²) in [7, 11) is -2.22. The van der Waals surface area contributed by atoms with Crippen LogP contribution >= 0.6 is 7.82 Å². The summed E-state index contributed by atoms with van der Waals surface area (Å²) in [5, 5.41) is 10.7. The van der Waals surface area contributed by atoms with E-state index in [9.17, 15) is 58.8 Å². The molecule has 436 valence electrons. The molecule has 6 aromatic carbocycles. The summed E-state index contributed by atoms with van der Waals surface area (Å²) in [4.78, 5) is 28.8. The van der Waals surface area contributed by atoms with E-state index in [1.807, 2.05) is 0 Å². The maximum Gasteiger partial charge on any atom is 0.507 e. The number of carboxylic acid groups (broad SMARTS) is 1. The highest BCUT2D eigenvalue weighted by Gasteiger charge is 2.53. The van der Waals surface area contributed by atoms with Crippen LogP contribution in [-0.4, -0.2) is 54.7 Å². The molecule has 0 heterocycles. The van der Waals surface area contributed by atoms with Crippen molar-refractivity contribution in [3.63, 3.8) is 0 Å². The van der Waals surface area contributed by atoms with Crippen molar-refractivity contribution in [2.75, 3.05) is 20.8 Å². The maximum atomic E-state index is 15.4. The normalized spacial score (nSPS) is 13.5. The molecule has 0 unspecified atom stereocenters. The number of aryl methyl sites for hydroxylation is 1. The summed E-state index contributed by atoms with van der Waals surface area (Å²) in [6.07, 6.45) is -19.6. The van der Waals surface area contributed by atoms with Gasteiger partial charge in [0.1, 0.15) is 22.9 Å². The first-order valence-corrected chi connectivity index (χ1v) is 26.4. The van der Waals surface area contributed by atoms with Gasteiger partial charge in [-0.1, -0.05) is 92.2 Å². The van der Waals surface area contributed by atoms with Gasteiger partial charge in [0, 0.05) is 22.8 Å². The first kappa shape index (κ1) is 63.1. The number of ether oxygens (including phenoxy) is 4. The zero-order valence-electron chi connectivity index (χ0n) is 44.9. The number of amides is 1. The van der Waals surface area contributed by atoms with E-state index < -0.39 is 114 Å².